The first-order valence-corrected chi connectivity index (χ1v) is 7.10. The maximum Gasteiger partial charge on any atom is 0.337 e. The molecule has 0 atom stereocenters. The van der Waals surface area contributed by atoms with Crippen LogP contribution >= 0.6 is 0 Å². The van der Waals surface area contributed by atoms with Gasteiger partial charge in [-0.15, -0.1) is 0 Å². The molecule has 2 aromatic rings. The average Bonchev–Trinajstić information content (AvgIpc) is 2.58. The maximum absolute atomic E-state index is 11.5. The van der Waals surface area contributed by atoms with Gasteiger partial charge in [0, 0.05) is 0 Å². The molecule has 0 aliphatic carbocycles. The summed E-state index contributed by atoms with van der Waals surface area (Å²) in [6, 6.07) is 7.67. The van der Waals surface area contributed by atoms with E-state index in [1.54, 1.807) is 6.07 Å². The Labute approximate surface area is 146 Å². The van der Waals surface area contributed by atoms with E-state index in [0.717, 1.165) is 12.1 Å². The molecule has 2 aromatic carbocycles. The van der Waals surface area contributed by atoms with E-state index in [2.05, 4.69) is 0 Å². The summed E-state index contributed by atoms with van der Waals surface area (Å²) < 4.78 is 0. The molecule has 8 nitrogen and oxygen atoms in total. The highest BCUT2D eigenvalue weighted by Crippen LogP contribution is 2.22. The Morgan fingerprint density at radius 1 is 0.654 bits per heavy atom. The number of hydrogen-bond acceptors (Lipinski definition) is 4. The zero-order valence-electron chi connectivity index (χ0n) is 13.0. The Hall–Kier alpha value is -3.94. The van der Waals surface area contributed by atoms with Crippen molar-refractivity contribution in [1.82, 2.24) is 0 Å². The number of carboxylic acids is 4. The Bertz CT molecular complexity index is 956. The second kappa shape index (κ2) is 7.31. The van der Waals surface area contributed by atoms with Gasteiger partial charge in [-0.2, -0.15) is 0 Å². The topological polar surface area (TPSA) is 149 Å². The monoisotopic (exact) mass is 356 g/mol. The Balaban J connectivity index is 2.69. The minimum Gasteiger partial charge on any atom is -0.478 e. The molecule has 0 bridgehead atoms. The Morgan fingerprint density at radius 2 is 1.23 bits per heavy atom. The first kappa shape index (κ1) is 18.4. The lowest BCUT2D eigenvalue weighted by Gasteiger charge is -2.08. The van der Waals surface area contributed by atoms with Crippen molar-refractivity contribution in [2.24, 2.45) is 0 Å². The van der Waals surface area contributed by atoms with Crippen LogP contribution in [0.3, 0.4) is 0 Å². The van der Waals surface area contributed by atoms with Crippen LogP contribution in [0.5, 0.6) is 0 Å². The number of rotatable bonds is 6. The normalized spacial score (nSPS) is 10.6. The van der Waals surface area contributed by atoms with Crippen molar-refractivity contribution in [3.63, 3.8) is 0 Å². The first-order valence-electron chi connectivity index (χ1n) is 7.10. The lowest BCUT2D eigenvalue weighted by molar-refractivity contribution is 0.0649. The molecule has 0 aliphatic heterocycles. The third-order valence-corrected chi connectivity index (χ3v) is 3.49. The van der Waals surface area contributed by atoms with Gasteiger partial charge in [0.2, 0.25) is 0 Å². The second-order valence-electron chi connectivity index (χ2n) is 5.13. The summed E-state index contributed by atoms with van der Waals surface area (Å²) in [4.78, 5) is 45.2. The molecule has 132 valence electrons. The van der Waals surface area contributed by atoms with E-state index < -0.39 is 40.6 Å². The molecule has 0 aromatic heterocycles. The van der Waals surface area contributed by atoms with Crippen LogP contribution in [0.2, 0.25) is 0 Å². The van der Waals surface area contributed by atoms with Gasteiger partial charge < -0.3 is 20.4 Å². The van der Waals surface area contributed by atoms with Crippen molar-refractivity contribution >= 4 is 36.0 Å². The predicted octanol–water partition coefficient (Wildman–Crippen LogP) is 2.65. The number of aromatic carboxylic acids is 4. The van der Waals surface area contributed by atoms with Crippen LogP contribution in [0.4, 0.5) is 0 Å². The van der Waals surface area contributed by atoms with E-state index in [4.69, 9.17) is 10.2 Å². The SMILES string of the molecule is O=C(O)c1cc(/C=C\c2ccccc2C(=O)O)c(C(=O)O)c(C(=O)O)c1. The van der Waals surface area contributed by atoms with Crippen LogP contribution in [0.25, 0.3) is 12.2 Å². The Kier molecular flexibility index (Phi) is 5.17. The van der Waals surface area contributed by atoms with Gasteiger partial charge in [0.05, 0.1) is 22.3 Å². The molecule has 0 heterocycles. The molecular weight excluding hydrogens is 344 g/mol. The fourth-order valence-corrected chi connectivity index (χ4v) is 2.34. The first-order chi connectivity index (χ1) is 12.2. The van der Waals surface area contributed by atoms with Crippen LogP contribution < -0.4 is 0 Å². The molecule has 8 heteroatoms. The van der Waals surface area contributed by atoms with Gasteiger partial charge in [-0.3, -0.25) is 0 Å². The fourth-order valence-electron chi connectivity index (χ4n) is 2.34. The number of hydrogen-bond donors (Lipinski definition) is 4. The number of carbonyl (C=O) groups is 4. The van der Waals surface area contributed by atoms with Gasteiger partial charge in [0.25, 0.3) is 0 Å². The highest BCUT2D eigenvalue weighted by atomic mass is 16.4. The fraction of sp³-hybridized carbons (Fsp3) is 0. The van der Waals surface area contributed by atoms with E-state index >= 15 is 0 Å². The minimum absolute atomic E-state index is 0.0477. The second-order valence-corrected chi connectivity index (χ2v) is 5.13. The molecule has 0 amide bonds. The number of carboxylic acid groups (broad SMARTS) is 4. The van der Waals surface area contributed by atoms with Crippen LogP contribution in [-0.4, -0.2) is 44.3 Å². The smallest absolute Gasteiger partial charge is 0.337 e. The average molecular weight is 356 g/mol. The molecule has 0 spiro atoms. The highest BCUT2D eigenvalue weighted by Gasteiger charge is 2.22. The maximum atomic E-state index is 11.5. The zero-order chi connectivity index (χ0) is 19.4. The zero-order valence-corrected chi connectivity index (χ0v) is 13.0. The van der Waals surface area contributed by atoms with Crippen molar-refractivity contribution in [3.05, 3.63) is 69.8 Å². The van der Waals surface area contributed by atoms with Crippen molar-refractivity contribution in [2.45, 2.75) is 0 Å². The molecule has 2 rings (SSSR count). The standard InChI is InChI=1S/C18H12O8/c19-15(20)11-7-10(14(18(25)26)13(8-11)17(23)24)6-5-9-3-1-2-4-12(9)16(21)22/h1-8H,(H,19,20)(H,21,22)(H,23,24)(H,25,26)/b6-5-. The summed E-state index contributed by atoms with van der Waals surface area (Å²) >= 11 is 0. The van der Waals surface area contributed by atoms with Crippen LogP contribution in [-0.2, 0) is 0 Å². The summed E-state index contributed by atoms with van der Waals surface area (Å²) in [5, 5.41) is 36.8. The lowest BCUT2D eigenvalue weighted by atomic mass is 9.96. The van der Waals surface area contributed by atoms with Gasteiger partial charge >= 0.3 is 23.9 Å². The highest BCUT2D eigenvalue weighted by molar-refractivity contribution is 6.07. The van der Waals surface area contributed by atoms with Crippen molar-refractivity contribution in [1.29, 1.82) is 0 Å². The number of benzene rings is 2. The third kappa shape index (κ3) is 3.75. The summed E-state index contributed by atoms with van der Waals surface area (Å²) in [5.41, 5.74) is -1.65. The van der Waals surface area contributed by atoms with Crippen molar-refractivity contribution in [2.75, 3.05) is 0 Å². The quantitative estimate of drug-likeness (QED) is 0.577. The van der Waals surface area contributed by atoms with Gasteiger partial charge in [-0.05, 0) is 29.3 Å². The summed E-state index contributed by atoms with van der Waals surface area (Å²) in [6.45, 7) is 0. The van der Waals surface area contributed by atoms with Gasteiger partial charge in [-0.1, -0.05) is 30.4 Å². The molecule has 0 unspecified atom stereocenters. The molecular formula is C18H12O8. The predicted molar refractivity (Wildman–Crippen MR) is 89.6 cm³/mol. The minimum atomic E-state index is -1.59. The van der Waals surface area contributed by atoms with Crippen LogP contribution in [0.1, 0.15) is 52.6 Å². The van der Waals surface area contributed by atoms with Crippen LogP contribution in [0, 0.1) is 0 Å². The molecule has 0 radical (unpaired) electrons. The van der Waals surface area contributed by atoms with E-state index in [9.17, 15) is 29.4 Å². The van der Waals surface area contributed by atoms with Gasteiger partial charge in [0.1, 0.15) is 0 Å². The van der Waals surface area contributed by atoms with E-state index in [1.165, 1.54) is 30.4 Å². The molecule has 0 aliphatic rings. The van der Waals surface area contributed by atoms with Crippen molar-refractivity contribution in [3.8, 4) is 0 Å². The third-order valence-electron chi connectivity index (χ3n) is 3.49. The summed E-state index contributed by atoms with van der Waals surface area (Å²) in [6.07, 6.45) is 2.45. The summed E-state index contributed by atoms with van der Waals surface area (Å²) in [7, 11) is 0. The molecule has 0 saturated heterocycles. The van der Waals surface area contributed by atoms with E-state index in [1.807, 2.05) is 0 Å². The Morgan fingerprint density at radius 3 is 1.77 bits per heavy atom. The lowest BCUT2D eigenvalue weighted by Crippen LogP contribution is -2.12. The molecule has 0 fully saturated rings. The van der Waals surface area contributed by atoms with Crippen molar-refractivity contribution < 1.29 is 39.6 Å². The van der Waals surface area contributed by atoms with E-state index in [0.29, 0.717) is 0 Å². The largest absolute Gasteiger partial charge is 0.478 e. The molecule has 0 saturated carbocycles. The summed E-state index contributed by atoms with van der Waals surface area (Å²) in [5.74, 6) is -5.77. The molecule has 4 N–H and O–H groups in total. The van der Waals surface area contributed by atoms with E-state index in [-0.39, 0.29) is 16.7 Å². The van der Waals surface area contributed by atoms with Gasteiger partial charge in [-0.25, -0.2) is 19.2 Å². The van der Waals surface area contributed by atoms with Gasteiger partial charge in [0.15, 0.2) is 0 Å². The molecule has 26 heavy (non-hydrogen) atoms. The van der Waals surface area contributed by atoms with Crippen LogP contribution in [0.15, 0.2) is 36.4 Å².